The molecular weight excluding hydrogens is 328 g/mol. The van der Waals surface area contributed by atoms with Gasteiger partial charge in [-0.1, -0.05) is 12.1 Å². The Balaban J connectivity index is 1.54. The van der Waals surface area contributed by atoms with Crippen LogP contribution >= 0.6 is 0 Å². The molecule has 132 valence electrons. The Kier molecular flexibility index (Phi) is 4.94. The highest BCUT2D eigenvalue weighted by Gasteiger charge is 2.47. The predicted octanol–water partition coefficient (Wildman–Crippen LogP) is 1.35. The third-order valence-electron chi connectivity index (χ3n) is 5.22. The minimum atomic E-state index is -3.67. The lowest BCUT2D eigenvalue weighted by Gasteiger charge is -2.52. The van der Waals surface area contributed by atoms with Gasteiger partial charge in [-0.15, -0.1) is 0 Å². The van der Waals surface area contributed by atoms with E-state index in [1.807, 2.05) is 13.0 Å². The molecule has 1 unspecified atom stereocenters. The molecule has 24 heavy (non-hydrogen) atoms. The van der Waals surface area contributed by atoms with Gasteiger partial charge >= 0.3 is 0 Å². The number of ether oxygens (including phenoxy) is 1. The summed E-state index contributed by atoms with van der Waals surface area (Å²) in [5, 5.41) is 2.99. The van der Waals surface area contributed by atoms with Gasteiger partial charge in [0.1, 0.15) is 0 Å². The van der Waals surface area contributed by atoms with Gasteiger partial charge in [0.15, 0.2) is 0 Å². The molecular formula is C17H24N2O4S. The van der Waals surface area contributed by atoms with Gasteiger partial charge < -0.3 is 10.1 Å². The molecule has 2 fully saturated rings. The molecule has 0 radical (unpaired) electrons. The lowest BCUT2D eigenvalue weighted by Crippen LogP contribution is -2.58. The van der Waals surface area contributed by atoms with E-state index in [-0.39, 0.29) is 28.8 Å². The molecule has 7 heteroatoms. The highest BCUT2D eigenvalue weighted by molar-refractivity contribution is 7.89. The highest BCUT2D eigenvalue weighted by Crippen LogP contribution is 2.48. The normalized spacial score (nSPS) is 22.8. The van der Waals surface area contributed by atoms with Gasteiger partial charge in [0, 0.05) is 19.3 Å². The minimum absolute atomic E-state index is 0.136. The first-order chi connectivity index (χ1) is 11.4. The Morgan fingerprint density at radius 1 is 1.29 bits per heavy atom. The van der Waals surface area contributed by atoms with Crippen molar-refractivity contribution in [1.82, 2.24) is 10.0 Å². The first-order valence-corrected chi connectivity index (χ1v) is 9.83. The number of sulfonamides is 1. The van der Waals surface area contributed by atoms with Gasteiger partial charge in [-0.25, -0.2) is 13.1 Å². The smallest absolute Gasteiger partial charge is 0.241 e. The van der Waals surface area contributed by atoms with E-state index in [9.17, 15) is 13.2 Å². The summed E-state index contributed by atoms with van der Waals surface area (Å²) >= 11 is 0. The third kappa shape index (κ3) is 3.63. The van der Waals surface area contributed by atoms with Crippen LogP contribution in [0.4, 0.5) is 0 Å². The van der Waals surface area contributed by atoms with Gasteiger partial charge in [0.2, 0.25) is 15.9 Å². The van der Waals surface area contributed by atoms with E-state index in [4.69, 9.17) is 4.74 Å². The average Bonchev–Trinajstić information content (AvgIpc) is 2.58. The van der Waals surface area contributed by atoms with Gasteiger partial charge in [0.05, 0.1) is 11.4 Å². The average molecular weight is 352 g/mol. The number of carbonyl (C=O) groups is 1. The fraction of sp³-hybridized carbons (Fsp3) is 0.588. The maximum atomic E-state index is 12.2. The largest absolute Gasteiger partial charge is 0.381 e. The summed E-state index contributed by atoms with van der Waals surface area (Å²) in [6.07, 6.45) is 3.99. The number of benzene rings is 1. The monoisotopic (exact) mass is 352 g/mol. The number of hydrogen-bond donors (Lipinski definition) is 2. The molecule has 3 rings (SSSR count). The van der Waals surface area contributed by atoms with Crippen LogP contribution in [0.2, 0.25) is 0 Å². The number of nitrogens with one attached hydrogen (secondary N) is 2. The van der Waals surface area contributed by atoms with Crippen molar-refractivity contribution in [2.45, 2.75) is 43.5 Å². The van der Waals surface area contributed by atoms with Crippen molar-refractivity contribution in [3.8, 4) is 0 Å². The summed E-state index contributed by atoms with van der Waals surface area (Å²) in [6, 6.07) is 6.76. The lowest BCUT2D eigenvalue weighted by molar-refractivity contribution is -0.125. The molecule has 1 aromatic carbocycles. The summed E-state index contributed by atoms with van der Waals surface area (Å²) < 4.78 is 32.3. The zero-order valence-electron chi connectivity index (χ0n) is 13.9. The summed E-state index contributed by atoms with van der Waals surface area (Å²) in [5.41, 5.74) is 1.02. The van der Waals surface area contributed by atoms with E-state index < -0.39 is 10.0 Å². The van der Waals surface area contributed by atoms with Crippen molar-refractivity contribution in [3.05, 3.63) is 29.8 Å². The maximum Gasteiger partial charge on any atom is 0.241 e. The van der Waals surface area contributed by atoms with Gasteiger partial charge in [-0.05, 0) is 55.7 Å². The van der Waals surface area contributed by atoms with Gasteiger partial charge in [0.25, 0.3) is 0 Å². The number of carbonyl (C=O) groups excluding carboxylic acids is 1. The molecule has 2 N–H and O–H groups in total. The summed E-state index contributed by atoms with van der Waals surface area (Å²) in [4.78, 5) is 12.3. The van der Waals surface area contributed by atoms with Crippen LogP contribution in [0.1, 0.15) is 31.2 Å². The molecule has 1 amide bonds. The third-order valence-corrected chi connectivity index (χ3v) is 6.62. The Labute approximate surface area is 143 Å². The fourth-order valence-electron chi connectivity index (χ4n) is 3.57. The number of aryl methyl sites for hydroxylation is 1. The molecule has 0 bridgehead atoms. The van der Waals surface area contributed by atoms with Crippen LogP contribution in [0.15, 0.2) is 29.2 Å². The summed E-state index contributed by atoms with van der Waals surface area (Å²) in [7, 11) is -3.67. The van der Waals surface area contributed by atoms with Crippen LogP contribution in [-0.4, -0.2) is 40.1 Å². The van der Waals surface area contributed by atoms with Crippen molar-refractivity contribution >= 4 is 15.9 Å². The number of rotatable bonds is 5. The van der Waals surface area contributed by atoms with Crippen molar-refractivity contribution in [3.63, 3.8) is 0 Å². The van der Waals surface area contributed by atoms with Crippen molar-refractivity contribution in [2.75, 3.05) is 19.8 Å². The minimum Gasteiger partial charge on any atom is -0.381 e. The molecule has 6 nitrogen and oxygen atoms in total. The Hall–Kier alpha value is -1.44. The Morgan fingerprint density at radius 3 is 2.67 bits per heavy atom. The molecule has 1 spiro atoms. The van der Waals surface area contributed by atoms with Crippen molar-refractivity contribution < 1.29 is 17.9 Å². The second kappa shape index (κ2) is 6.82. The van der Waals surface area contributed by atoms with E-state index >= 15 is 0 Å². The quantitative estimate of drug-likeness (QED) is 0.838. The molecule has 1 aromatic rings. The zero-order chi connectivity index (χ0) is 17.2. The number of hydrogen-bond acceptors (Lipinski definition) is 4. The Bertz CT molecular complexity index is 711. The fourth-order valence-corrected chi connectivity index (χ4v) is 4.66. The summed E-state index contributed by atoms with van der Waals surface area (Å²) in [5.74, 6) is -0.276. The predicted molar refractivity (Wildman–Crippen MR) is 90.0 cm³/mol. The SMILES string of the molecule is Cc1cccc(S(=O)(=O)NCC(=O)NC2CCC23CCOCC3)c1. The van der Waals surface area contributed by atoms with Crippen molar-refractivity contribution in [1.29, 1.82) is 0 Å². The van der Waals surface area contributed by atoms with Crippen LogP contribution in [0, 0.1) is 12.3 Å². The molecule has 1 aliphatic carbocycles. The molecule has 1 aliphatic heterocycles. The van der Waals surface area contributed by atoms with Crippen LogP contribution in [0.25, 0.3) is 0 Å². The molecule has 1 heterocycles. The van der Waals surface area contributed by atoms with E-state index in [1.54, 1.807) is 12.1 Å². The molecule has 1 atom stereocenters. The van der Waals surface area contributed by atoms with Crippen molar-refractivity contribution in [2.24, 2.45) is 5.41 Å². The molecule has 1 saturated heterocycles. The van der Waals surface area contributed by atoms with E-state index in [0.717, 1.165) is 44.5 Å². The first-order valence-electron chi connectivity index (χ1n) is 8.35. The topological polar surface area (TPSA) is 84.5 Å². The maximum absolute atomic E-state index is 12.2. The lowest BCUT2D eigenvalue weighted by atomic mass is 9.60. The van der Waals surface area contributed by atoms with Crippen LogP contribution in [0.3, 0.4) is 0 Å². The first kappa shape index (κ1) is 17.4. The Morgan fingerprint density at radius 2 is 2.04 bits per heavy atom. The molecule has 1 saturated carbocycles. The van der Waals surface area contributed by atoms with Crippen LogP contribution < -0.4 is 10.0 Å². The van der Waals surface area contributed by atoms with Crippen LogP contribution in [-0.2, 0) is 19.6 Å². The highest BCUT2D eigenvalue weighted by atomic mass is 32.2. The molecule has 0 aromatic heterocycles. The second-order valence-corrected chi connectivity index (χ2v) is 8.54. The standard InChI is InChI=1S/C17H24N2O4S/c1-13-3-2-4-14(11-13)24(21,22)18-12-16(20)19-15-5-6-17(15)7-9-23-10-8-17/h2-4,11,15,18H,5-10,12H2,1H3,(H,19,20). The van der Waals surface area contributed by atoms with Crippen LogP contribution in [0.5, 0.6) is 0 Å². The van der Waals surface area contributed by atoms with E-state index in [1.165, 1.54) is 6.07 Å². The van der Waals surface area contributed by atoms with E-state index in [2.05, 4.69) is 10.0 Å². The molecule has 2 aliphatic rings. The zero-order valence-corrected chi connectivity index (χ0v) is 14.7. The van der Waals surface area contributed by atoms with Gasteiger partial charge in [-0.3, -0.25) is 4.79 Å². The van der Waals surface area contributed by atoms with E-state index in [0.29, 0.717) is 0 Å². The number of amides is 1. The van der Waals surface area contributed by atoms with Gasteiger partial charge in [-0.2, -0.15) is 0 Å². The second-order valence-electron chi connectivity index (χ2n) is 6.77. The summed E-state index contributed by atoms with van der Waals surface area (Å²) in [6.45, 7) is 3.08.